The van der Waals surface area contributed by atoms with Crippen molar-refractivity contribution in [3.8, 4) is 0 Å². The first-order valence-electron chi connectivity index (χ1n) is 15.3. The van der Waals surface area contributed by atoms with Crippen molar-refractivity contribution in [1.82, 2.24) is 14.7 Å². The number of aryl methyl sites for hydroxylation is 1. The van der Waals surface area contributed by atoms with E-state index in [0.29, 0.717) is 12.3 Å². The molecule has 0 saturated carbocycles. The van der Waals surface area contributed by atoms with Gasteiger partial charge in [0.05, 0.1) is 6.04 Å². The van der Waals surface area contributed by atoms with Crippen LogP contribution in [0.1, 0.15) is 91.3 Å². The SMILES string of the molecule is C\C=C(/C=C\C=C(/C)CC)C(c1ccc(C)cc1)N1CCN(C(=O)CC2CCN(C(C)=O)CC2)C(C(C)(C)C)C1. The largest absolute Gasteiger partial charge is 0.343 e. The van der Waals surface area contributed by atoms with Crippen LogP contribution in [-0.2, 0) is 9.59 Å². The summed E-state index contributed by atoms with van der Waals surface area (Å²) in [5.74, 6) is 0.782. The Hall–Kier alpha value is -2.66. The number of carbonyl (C=O) groups is 2. The molecular formula is C35H53N3O2. The van der Waals surface area contributed by atoms with Crippen molar-refractivity contribution in [2.45, 2.75) is 93.2 Å². The van der Waals surface area contributed by atoms with Crippen LogP contribution in [0.5, 0.6) is 0 Å². The zero-order chi connectivity index (χ0) is 29.4. The molecule has 2 unspecified atom stereocenters. The number of hydrogen-bond acceptors (Lipinski definition) is 3. The number of amides is 2. The summed E-state index contributed by atoms with van der Waals surface area (Å²) in [6.45, 7) is 21.0. The molecular weight excluding hydrogens is 494 g/mol. The van der Waals surface area contributed by atoms with Crippen LogP contribution in [0.2, 0.25) is 0 Å². The summed E-state index contributed by atoms with van der Waals surface area (Å²) in [6, 6.07) is 9.21. The fraction of sp³-hybridized carbons (Fsp3) is 0.600. The molecule has 2 aliphatic rings. The van der Waals surface area contributed by atoms with Gasteiger partial charge < -0.3 is 9.80 Å². The number of piperazine rings is 1. The Morgan fingerprint density at radius 2 is 1.68 bits per heavy atom. The normalized spacial score (nSPS) is 21.2. The van der Waals surface area contributed by atoms with Crippen LogP contribution in [0.15, 0.2) is 59.7 Å². The highest BCUT2D eigenvalue weighted by Gasteiger charge is 2.40. The predicted molar refractivity (Wildman–Crippen MR) is 167 cm³/mol. The third-order valence-electron chi connectivity index (χ3n) is 8.89. The van der Waals surface area contributed by atoms with Gasteiger partial charge in [0, 0.05) is 52.1 Å². The quantitative estimate of drug-likeness (QED) is 0.326. The van der Waals surface area contributed by atoms with E-state index in [1.54, 1.807) is 6.92 Å². The Morgan fingerprint density at radius 3 is 2.23 bits per heavy atom. The smallest absolute Gasteiger partial charge is 0.223 e. The van der Waals surface area contributed by atoms with Gasteiger partial charge in [-0.15, -0.1) is 0 Å². The Bertz CT molecular complexity index is 1080. The van der Waals surface area contributed by atoms with Crippen molar-refractivity contribution in [1.29, 1.82) is 0 Å². The molecule has 0 bridgehead atoms. The number of allylic oxidation sites excluding steroid dienone is 4. The molecule has 0 radical (unpaired) electrons. The molecule has 0 aromatic heterocycles. The molecule has 0 spiro atoms. The highest BCUT2D eigenvalue weighted by Crippen LogP contribution is 2.36. The molecule has 1 aromatic rings. The molecule has 5 nitrogen and oxygen atoms in total. The molecule has 3 rings (SSSR count). The highest BCUT2D eigenvalue weighted by atomic mass is 16.2. The average molecular weight is 548 g/mol. The second-order valence-electron chi connectivity index (χ2n) is 12.9. The Labute approximate surface area is 244 Å². The van der Waals surface area contributed by atoms with E-state index in [-0.39, 0.29) is 29.3 Å². The number of carbonyl (C=O) groups excluding carboxylic acids is 2. The van der Waals surface area contributed by atoms with Crippen molar-refractivity contribution in [3.63, 3.8) is 0 Å². The lowest BCUT2D eigenvalue weighted by molar-refractivity contribution is -0.141. The van der Waals surface area contributed by atoms with Crippen molar-refractivity contribution in [3.05, 3.63) is 70.8 Å². The minimum absolute atomic E-state index is 0.0446. The van der Waals surface area contributed by atoms with Gasteiger partial charge in [0.15, 0.2) is 0 Å². The molecule has 2 heterocycles. The van der Waals surface area contributed by atoms with Crippen molar-refractivity contribution in [2.75, 3.05) is 32.7 Å². The van der Waals surface area contributed by atoms with Gasteiger partial charge in [-0.05, 0) is 62.5 Å². The molecule has 2 aliphatic heterocycles. The zero-order valence-electron chi connectivity index (χ0n) is 26.4. The number of likely N-dealkylation sites (tertiary alicyclic amines) is 1. The van der Waals surface area contributed by atoms with Gasteiger partial charge in [-0.2, -0.15) is 0 Å². The molecule has 5 heteroatoms. The molecule has 2 saturated heterocycles. The minimum Gasteiger partial charge on any atom is -0.343 e. The van der Waals surface area contributed by atoms with E-state index in [9.17, 15) is 9.59 Å². The number of rotatable bonds is 8. The van der Waals surface area contributed by atoms with Gasteiger partial charge >= 0.3 is 0 Å². The summed E-state index contributed by atoms with van der Waals surface area (Å²) in [5.41, 5.74) is 5.17. The Balaban J connectivity index is 1.83. The van der Waals surface area contributed by atoms with Gasteiger partial charge in [0.25, 0.3) is 0 Å². The Kier molecular flexibility index (Phi) is 11.4. The zero-order valence-corrected chi connectivity index (χ0v) is 26.4. The molecule has 0 N–H and O–H groups in total. The van der Waals surface area contributed by atoms with Crippen molar-refractivity contribution < 1.29 is 9.59 Å². The third-order valence-corrected chi connectivity index (χ3v) is 8.89. The minimum atomic E-state index is -0.0446. The first-order valence-corrected chi connectivity index (χ1v) is 15.3. The maximum Gasteiger partial charge on any atom is 0.223 e. The van der Waals surface area contributed by atoms with E-state index >= 15 is 0 Å². The van der Waals surface area contributed by atoms with Crippen LogP contribution in [-0.4, -0.2) is 65.3 Å². The maximum atomic E-state index is 13.7. The van der Waals surface area contributed by atoms with Crippen molar-refractivity contribution in [2.24, 2.45) is 11.3 Å². The molecule has 0 aliphatic carbocycles. The summed E-state index contributed by atoms with van der Waals surface area (Å²) >= 11 is 0. The second kappa shape index (κ2) is 14.3. The van der Waals surface area contributed by atoms with E-state index in [4.69, 9.17) is 0 Å². The summed E-state index contributed by atoms with van der Waals surface area (Å²) in [6.07, 6.45) is 12.4. The molecule has 2 fully saturated rings. The van der Waals surface area contributed by atoms with E-state index < -0.39 is 0 Å². The predicted octanol–water partition coefficient (Wildman–Crippen LogP) is 7.10. The van der Waals surface area contributed by atoms with Crippen LogP contribution >= 0.6 is 0 Å². The number of hydrogen-bond donors (Lipinski definition) is 0. The summed E-state index contributed by atoms with van der Waals surface area (Å²) in [4.78, 5) is 32.2. The first kappa shape index (κ1) is 31.9. The van der Waals surface area contributed by atoms with Crippen LogP contribution in [0.25, 0.3) is 0 Å². The first-order chi connectivity index (χ1) is 18.9. The second-order valence-corrected chi connectivity index (χ2v) is 12.9. The van der Waals surface area contributed by atoms with E-state index in [1.807, 2.05) is 4.90 Å². The van der Waals surface area contributed by atoms with E-state index in [0.717, 1.165) is 52.0 Å². The van der Waals surface area contributed by atoms with Crippen LogP contribution in [0, 0.1) is 18.3 Å². The van der Waals surface area contributed by atoms with Crippen LogP contribution in [0.4, 0.5) is 0 Å². The van der Waals surface area contributed by atoms with Gasteiger partial charge in [-0.1, -0.05) is 87.4 Å². The fourth-order valence-electron chi connectivity index (χ4n) is 6.04. The third kappa shape index (κ3) is 8.42. The lowest BCUT2D eigenvalue weighted by Crippen LogP contribution is -2.60. The van der Waals surface area contributed by atoms with Crippen LogP contribution in [0.3, 0.4) is 0 Å². The monoisotopic (exact) mass is 547 g/mol. The molecule has 2 amide bonds. The van der Waals surface area contributed by atoms with Crippen molar-refractivity contribution >= 4 is 11.8 Å². The number of benzene rings is 1. The number of nitrogens with zero attached hydrogens (tertiary/aromatic N) is 3. The van der Waals surface area contributed by atoms with Gasteiger partial charge in [0.1, 0.15) is 0 Å². The number of piperidine rings is 1. The van der Waals surface area contributed by atoms with Gasteiger partial charge in [0.2, 0.25) is 11.8 Å². The Morgan fingerprint density at radius 1 is 1.02 bits per heavy atom. The lowest BCUT2D eigenvalue weighted by Gasteiger charge is -2.50. The summed E-state index contributed by atoms with van der Waals surface area (Å²) < 4.78 is 0. The summed E-state index contributed by atoms with van der Waals surface area (Å²) in [7, 11) is 0. The summed E-state index contributed by atoms with van der Waals surface area (Å²) in [5, 5.41) is 0. The fourth-order valence-corrected chi connectivity index (χ4v) is 6.04. The molecule has 1 aromatic carbocycles. The average Bonchev–Trinajstić information content (AvgIpc) is 2.92. The molecule has 40 heavy (non-hydrogen) atoms. The van der Waals surface area contributed by atoms with Gasteiger partial charge in [-0.25, -0.2) is 0 Å². The van der Waals surface area contributed by atoms with E-state index in [1.165, 1.54) is 22.3 Å². The standard InChI is InChI=1S/C35H53N3O2/c1-9-26(3)12-11-13-30(10-2)34(31-16-14-27(4)15-17-31)37-22-23-38(32(25-37)35(6,7)8)33(40)24-29-18-20-36(21-19-29)28(5)39/h10-17,29,32,34H,9,18-25H2,1-8H3/b13-11-,26-12+,30-10+. The lowest BCUT2D eigenvalue weighted by atomic mass is 9.82. The van der Waals surface area contributed by atoms with Gasteiger partial charge in [-0.3, -0.25) is 14.5 Å². The topological polar surface area (TPSA) is 43.9 Å². The maximum absolute atomic E-state index is 13.7. The highest BCUT2D eigenvalue weighted by molar-refractivity contribution is 5.77. The van der Waals surface area contributed by atoms with E-state index in [2.05, 4.69) is 107 Å². The molecule has 220 valence electrons. The van der Waals surface area contributed by atoms with Crippen LogP contribution < -0.4 is 0 Å². The molecule has 2 atom stereocenters.